The van der Waals surface area contributed by atoms with E-state index in [0.717, 1.165) is 25.0 Å². The Hall–Kier alpha value is -2.38. The first-order chi connectivity index (χ1) is 12.5. The fraction of sp³-hybridized carbons (Fsp3) is 0.368. The number of carbonyl (C=O) groups excluding carboxylic acids is 2. The van der Waals surface area contributed by atoms with Crippen LogP contribution in [0.2, 0.25) is 0 Å². The van der Waals surface area contributed by atoms with Gasteiger partial charge in [0, 0.05) is 19.7 Å². The van der Waals surface area contributed by atoms with Gasteiger partial charge in [0.1, 0.15) is 10.8 Å². The molecule has 2 aromatic rings. The van der Waals surface area contributed by atoms with Crippen molar-refractivity contribution in [2.45, 2.75) is 26.2 Å². The Morgan fingerprint density at radius 2 is 1.81 bits per heavy atom. The molecule has 2 N–H and O–H groups in total. The number of hydrogen-bond acceptors (Lipinski definition) is 5. The highest BCUT2D eigenvalue weighted by atomic mass is 32.1. The normalized spacial score (nSPS) is 10.6. The monoisotopic (exact) mass is 375 g/mol. The number of benzene rings is 1. The number of unbranched alkanes of at least 4 members (excludes halogenated alkanes) is 2. The summed E-state index contributed by atoms with van der Waals surface area (Å²) in [5, 5.41) is 6.65. The summed E-state index contributed by atoms with van der Waals surface area (Å²) < 4.78 is 5.65. The first-order valence-corrected chi connectivity index (χ1v) is 9.49. The second-order valence-corrected chi connectivity index (χ2v) is 6.95. The third-order valence-corrected chi connectivity index (χ3v) is 4.43. The summed E-state index contributed by atoms with van der Waals surface area (Å²) in [4.78, 5) is 24.6. The molecule has 0 aliphatic heterocycles. The van der Waals surface area contributed by atoms with Gasteiger partial charge in [0.25, 0.3) is 11.8 Å². The molecule has 0 aliphatic carbocycles. The van der Waals surface area contributed by atoms with Gasteiger partial charge in [0.15, 0.2) is 0 Å². The minimum Gasteiger partial charge on any atom is -0.494 e. The number of nitrogens with one attached hydrogen (secondary N) is 2. The van der Waals surface area contributed by atoms with Gasteiger partial charge in [-0.1, -0.05) is 19.8 Å². The Balaban J connectivity index is 1.96. The van der Waals surface area contributed by atoms with E-state index in [0.29, 0.717) is 22.7 Å². The van der Waals surface area contributed by atoms with Crippen LogP contribution in [0.25, 0.3) is 0 Å². The van der Waals surface area contributed by atoms with E-state index < -0.39 is 0 Å². The fourth-order valence-corrected chi connectivity index (χ4v) is 3.05. The average Bonchev–Trinajstić information content (AvgIpc) is 3.07. The lowest BCUT2D eigenvalue weighted by Gasteiger charge is -2.12. The number of nitrogens with zero attached hydrogens (tertiary/aromatic N) is 1. The summed E-state index contributed by atoms with van der Waals surface area (Å²) in [6, 6.07) is 8.70. The molecular formula is C19H25N3O3S. The van der Waals surface area contributed by atoms with Crippen LogP contribution in [0.4, 0.5) is 5.00 Å². The van der Waals surface area contributed by atoms with Crippen molar-refractivity contribution in [2.75, 3.05) is 26.0 Å². The topological polar surface area (TPSA) is 70.7 Å². The molecule has 1 heterocycles. The summed E-state index contributed by atoms with van der Waals surface area (Å²) in [5.41, 5.74) is 3.62. The van der Waals surface area contributed by atoms with E-state index in [2.05, 4.69) is 17.7 Å². The van der Waals surface area contributed by atoms with Crippen LogP contribution in [-0.4, -0.2) is 37.5 Å². The molecular weight excluding hydrogens is 350 g/mol. The van der Waals surface area contributed by atoms with Gasteiger partial charge in [-0.15, -0.1) is 11.3 Å². The van der Waals surface area contributed by atoms with Crippen molar-refractivity contribution >= 4 is 28.2 Å². The Morgan fingerprint density at radius 3 is 2.46 bits per heavy atom. The van der Waals surface area contributed by atoms with Crippen molar-refractivity contribution in [2.24, 2.45) is 0 Å². The number of hydrogen-bond donors (Lipinski definition) is 2. The van der Waals surface area contributed by atoms with E-state index in [1.54, 1.807) is 54.8 Å². The van der Waals surface area contributed by atoms with E-state index in [-0.39, 0.29) is 11.8 Å². The van der Waals surface area contributed by atoms with Gasteiger partial charge in [-0.05, 0) is 42.1 Å². The molecule has 1 aromatic carbocycles. The predicted octanol–water partition coefficient (Wildman–Crippen LogP) is 3.78. The molecule has 0 spiro atoms. The highest BCUT2D eigenvalue weighted by molar-refractivity contribution is 7.14. The average molecular weight is 375 g/mol. The first-order valence-electron chi connectivity index (χ1n) is 8.61. The molecule has 0 bridgehead atoms. The quantitative estimate of drug-likeness (QED) is 0.517. The van der Waals surface area contributed by atoms with Crippen LogP contribution in [0.1, 0.15) is 46.9 Å². The van der Waals surface area contributed by atoms with Crippen molar-refractivity contribution < 1.29 is 14.3 Å². The van der Waals surface area contributed by atoms with Crippen LogP contribution in [0.5, 0.6) is 5.75 Å². The maximum atomic E-state index is 12.4. The number of amides is 2. The number of rotatable bonds is 9. The number of anilines is 1. The van der Waals surface area contributed by atoms with Crippen molar-refractivity contribution in [3.63, 3.8) is 0 Å². The Bertz CT molecular complexity index is 726. The Labute approximate surface area is 158 Å². The van der Waals surface area contributed by atoms with Crippen LogP contribution in [0.15, 0.2) is 35.7 Å². The van der Waals surface area contributed by atoms with Gasteiger partial charge in [0.2, 0.25) is 0 Å². The third-order valence-electron chi connectivity index (χ3n) is 3.60. The molecule has 6 nitrogen and oxygen atoms in total. The van der Waals surface area contributed by atoms with Crippen LogP contribution in [-0.2, 0) is 0 Å². The zero-order valence-corrected chi connectivity index (χ0v) is 16.2. The molecule has 0 fully saturated rings. The minimum atomic E-state index is -0.262. The summed E-state index contributed by atoms with van der Waals surface area (Å²) in [7, 11) is 3.46. The smallest absolute Gasteiger partial charge is 0.268 e. The summed E-state index contributed by atoms with van der Waals surface area (Å²) in [5.74, 6) is 0.228. The SMILES string of the molecule is CCCCCOc1ccc(C(=O)Nc2sccc2C(=O)NN(C)C)cc1. The summed E-state index contributed by atoms with van der Waals surface area (Å²) in [6.45, 7) is 2.83. The predicted molar refractivity (Wildman–Crippen MR) is 105 cm³/mol. The zero-order valence-electron chi connectivity index (χ0n) is 15.4. The van der Waals surface area contributed by atoms with Crippen molar-refractivity contribution in [3.8, 4) is 5.75 Å². The maximum absolute atomic E-state index is 12.4. The van der Waals surface area contributed by atoms with E-state index >= 15 is 0 Å². The van der Waals surface area contributed by atoms with Gasteiger partial charge in [0.05, 0.1) is 12.2 Å². The molecule has 0 atom stereocenters. The van der Waals surface area contributed by atoms with Gasteiger partial charge in [-0.3, -0.25) is 15.0 Å². The standard InChI is InChI=1S/C19H25N3O3S/c1-4-5-6-12-25-15-9-7-14(8-10-15)17(23)20-19-16(11-13-26-19)18(24)21-22(2)3/h7-11,13H,4-6,12H2,1-3H3,(H,20,23)(H,21,24). The molecule has 0 unspecified atom stereocenters. The van der Waals surface area contributed by atoms with Gasteiger partial charge >= 0.3 is 0 Å². The first kappa shape index (κ1) is 19.9. The molecule has 0 saturated heterocycles. The molecule has 140 valence electrons. The molecule has 2 rings (SSSR count). The van der Waals surface area contributed by atoms with Gasteiger partial charge in [-0.25, -0.2) is 5.01 Å². The minimum absolute atomic E-state index is 0.260. The summed E-state index contributed by atoms with van der Waals surface area (Å²) in [6.07, 6.45) is 3.32. The molecule has 1 aromatic heterocycles. The van der Waals surface area contributed by atoms with Crippen LogP contribution in [0, 0.1) is 0 Å². The maximum Gasteiger partial charge on any atom is 0.268 e. The largest absolute Gasteiger partial charge is 0.494 e. The lowest BCUT2D eigenvalue weighted by Crippen LogP contribution is -2.36. The van der Waals surface area contributed by atoms with Crippen LogP contribution < -0.4 is 15.5 Å². The lowest BCUT2D eigenvalue weighted by atomic mass is 10.2. The molecule has 0 radical (unpaired) electrons. The molecule has 2 amide bonds. The Kier molecular flexibility index (Phi) is 7.62. The fourth-order valence-electron chi connectivity index (χ4n) is 2.27. The second-order valence-electron chi connectivity index (χ2n) is 6.03. The highest BCUT2D eigenvalue weighted by Crippen LogP contribution is 2.24. The van der Waals surface area contributed by atoms with E-state index in [1.165, 1.54) is 11.3 Å². The Morgan fingerprint density at radius 1 is 1.08 bits per heavy atom. The molecule has 7 heteroatoms. The van der Waals surface area contributed by atoms with Crippen molar-refractivity contribution in [3.05, 3.63) is 46.8 Å². The van der Waals surface area contributed by atoms with E-state index in [4.69, 9.17) is 4.74 Å². The zero-order chi connectivity index (χ0) is 18.9. The lowest BCUT2D eigenvalue weighted by molar-refractivity contribution is 0.0858. The van der Waals surface area contributed by atoms with Crippen molar-refractivity contribution in [1.82, 2.24) is 10.4 Å². The number of carbonyl (C=O) groups is 2. The number of thiophene rings is 1. The second kappa shape index (κ2) is 9.94. The molecule has 0 saturated carbocycles. The third kappa shape index (κ3) is 5.86. The van der Waals surface area contributed by atoms with Gasteiger partial charge < -0.3 is 10.1 Å². The van der Waals surface area contributed by atoms with E-state index in [9.17, 15) is 9.59 Å². The number of hydrazine groups is 1. The van der Waals surface area contributed by atoms with Crippen LogP contribution in [0.3, 0.4) is 0 Å². The highest BCUT2D eigenvalue weighted by Gasteiger charge is 2.16. The molecule has 26 heavy (non-hydrogen) atoms. The van der Waals surface area contributed by atoms with Crippen LogP contribution >= 0.6 is 11.3 Å². The number of ether oxygens (including phenoxy) is 1. The van der Waals surface area contributed by atoms with E-state index in [1.807, 2.05) is 0 Å². The van der Waals surface area contributed by atoms with Gasteiger partial charge in [-0.2, -0.15) is 0 Å². The molecule has 0 aliphatic rings. The summed E-state index contributed by atoms with van der Waals surface area (Å²) >= 11 is 1.31. The van der Waals surface area contributed by atoms with Crippen molar-refractivity contribution in [1.29, 1.82) is 0 Å².